The average molecular weight is 642 g/mol. The van der Waals surface area contributed by atoms with Crippen molar-refractivity contribution in [2.45, 2.75) is 69.5 Å². The summed E-state index contributed by atoms with van der Waals surface area (Å²) in [6, 6.07) is 17.0. The quantitative estimate of drug-likeness (QED) is 0.351. The van der Waals surface area contributed by atoms with Crippen LogP contribution >= 0.6 is 0 Å². The van der Waals surface area contributed by atoms with Crippen molar-refractivity contribution in [1.29, 1.82) is 0 Å². The Bertz CT molecular complexity index is 1530. The van der Waals surface area contributed by atoms with Crippen molar-refractivity contribution in [2.75, 3.05) is 19.7 Å². The highest BCUT2D eigenvalue weighted by molar-refractivity contribution is 5.99. The van der Waals surface area contributed by atoms with Crippen molar-refractivity contribution >= 4 is 23.7 Å². The molecule has 7 atom stereocenters. The maximum absolute atomic E-state index is 14.8. The van der Waals surface area contributed by atoms with E-state index in [-0.39, 0.29) is 43.8 Å². The van der Waals surface area contributed by atoms with E-state index in [1.165, 1.54) is 4.90 Å². The van der Waals surface area contributed by atoms with Gasteiger partial charge in [-0.3, -0.25) is 19.2 Å². The van der Waals surface area contributed by atoms with Crippen LogP contribution < -0.4 is 5.32 Å². The fraction of sp³-hybridized carbons (Fsp3) is 0.459. The fourth-order valence-corrected chi connectivity index (χ4v) is 7.55. The monoisotopic (exact) mass is 641 g/mol. The number of hydrogen-bond acceptors (Lipinski definition) is 7. The minimum absolute atomic E-state index is 0.0723. The Kier molecular flexibility index (Phi) is 9.61. The molecule has 4 aliphatic heterocycles. The van der Waals surface area contributed by atoms with Crippen LogP contribution in [0.5, 0.6) is 0 Å². The first kappa shape index (κ1) is 32.7. The molecule has 2 aromatic rings. The number of ether oxygens (including phenoxy) is 2. The Morgan fingerprint density at radius 2 is 1.70 bits per heavy atom. The number of cyclic esters (lactones) is 1. The molecule has 10 nitrogen and oxygen atoms in total. The van der Waals surface area contributed by atoms with E-state index in [0.717, 1.165) is 5.56 Å². The number of aliphatic hydroxyl groups excluding tert-OH is 1. The molecule has 47 heavy (non-hydrogen) atoms. The van der Waals surface area contributed by atoms with Gasteiger partial charge in [0.05, 0.1) is 31.2 Å². The normalized spacial score (nSPS) is 30.8. The van der Waals surface area contributed by atoms with Gasteiger partial charge in [0.25, 0.3) is 0 Å². The fourth-order valence-electron chi connectivity index (χ4n) is 7.55. The van der Waals surface area contributed by atoms with Crippen LogP contribution in [0, 0.1) is 17.8 Å². The number of esters is 1. The first-order valence-corrected chi connectivity index (χ1v) is 16.5. The molecule has 0 bridgehead atoms. The number of fused-ring (bicyclic) bond motifs is 2. The number of allylic oxidation sites excluding steroid dienone is 1. The van der Waals surface area contributed by atoms with Crippen molar-refractivity contribution in [3.8, 4) is 0 Å². The predicted molar refractivity (Wildman–Crippen MR) is 173 cm³/mol. The number of amides is 3. The molecule has 2 N–H and O–H groups in total. The molecule has 4 aliphatic rings. The number of carbonyl (C=O) groups is 4. The Balaban J connectivity index is 1.43. The van der Waals surface area contributed by atoms with E-state index in [2.05, 4.69) is 5.32 Å². The first-order chi connectivity index (χ1) is 22.7. The zero-order valence-electron chi connectivity index (χ0n) is 26.9. The van der Waals surface area contributed by atoms with E-state index in [1.54, 1.807) is 23.1 Å². The summed E-state index contributed by atoms with van der Waals surface area (Å²) in [7, 11) is 0. The summed E-state index contributed by atoms with van der Waals surface area (Å²) in [5, 5.41) is 13.5. The zero-order valence-corrected chi connectivity index (χ0v) is 26.9. The van der Waals surface area contributed by atoms with E-state index in [0.29, 0.717) is 24.9 Å². The van der Waals surface area contributed by atoms with E-state index >= 15 is 0 Å². The summed E-state index contributed by atoms with van der Waals surface area (Å²) < 4.78 is 12.9. The summed E-state index contributed by atoms with van der Waals surface area (Å²) in [4.78, 5) is 59.6. The molecule has 0 aromatic heterocycles. The molecule has 3 amide bonds. The third-order valence-electron chi connectivity index (χ3n) is 9.63. The molecule has 248 valence electrons. The summed E-state index contributed by atoms with van der Waals surface area (Å²) in [5.74, 6) is -3.54. The van der Waals surface area contributed by atoms with Crippen LogP contribution in [-0.2, 0) is 35.2 Å². The van der Waals surface area contributed by atoms with E-state index in [9.17, 15) is 24.3 Å². The van der Waals surface area contributed by atoms with Gasteiger partial charge < -0.3 is 29.7 Å². The van der Waals surface area contributed by atoms with Gasteiger partial charge in [-0.2, -0.15) is 0 Å². The highest BCUT2D eigenvalue weighted by Gasteiger charge is 2.72. The van der Waals surface area contributed by atoms with Crippen LogP contribution in [0.2, 0.25) is 0 Å². The van der Waals surface area contributed by atoms with Gasteiger partial charge >= 0.3 is 5.97 Å². The number of likely N-dealkylation sites (tertiary alicyclic amines) is 1. The topological polar surface area (TPSA) is 125 Å². The van der Waals surface area contributed by atoms with E-state index in [1.807, 2.05) is 80.6 Å². The van der Waals surface area contributed by atoms with Crippen molar-refractivity contribution in [3.63, 3.8) is 0 Å². The second-order valence-electron chi connectivity index (χ2n) is 13.3. The van der Waals surface area contributed by atoms with Gasteiger partial charge in [0.2, 0.25) is 17.7 Å². The molecule has 2 saturated heterocycles. The van der Waals surface area contributed by atoms with Gasteiger partial charge in [0, 0.05) is 19.5 Å². The second-order valence-corrected chi connectivity index (χ2v) is 13.3. The minimum Gasteiger partial charge on any atom is -0.455 e. The third-order valence-corrected chi connectivity index (χ3v) is 9.63. The summed E-state index contributed by atoms with van der Waals surface area (Å²) in [6.45, 7) is 4.35. The molecule has 4 heterocycles. The Morgan fingerprint density at radius 1 is 0.979 bits per heavy atom. The summed E-state index contributed by atoms with van der Waals surface area (Å²) >= 11 is 0. The maximum Gasteiger partial charge on any atom is 0.313 e. The average Bonchev–Trinajstić information content (AvgIpc) is 3.46. The molecule has 0 aliphatic carbocycles. The highest BCUT2D eigenvalue weighted by atomic mass is 16.6. The number of aliphatic hydroxyl groups is 1. The van der Waals surface area contributed by atoms with Crippen molar-refractivity contribution < 1.29 is 33.8 Å². The van der Waals surface area contributed by atoms with Gasteiger partial charge in [-0.05, 0) is 29.9 Å². The third kappa shape index (κ3) is 6.36. The Hall–Kier alpha value is -4.28. The minimum atomic E-state index is -1.47. The van der Waals surface area contributed by atoms with Gasteiger partial charge in [-0.15, -0.1) is 0 Å². The molecular weight excluding hydrogens is 598 g/mol. The maximum atomic E-state index is 14.8. The number of nitrogens with one attached hydrogen (secondary N) is 1. The molecule has 0 radical (unpaired) electrons. The smallest absolute Gasteiger partial charge is 0.313 e. The number of carbonyl (C=O) groups excluding carboxylic acids is 4. The Morgan fingerprint density at radius 3 is 2.40 bits per heavy atom. The van der Waals surface area contributed by atoms with Gasteiger partial charge in [-0.25, -0.2) is 0 Å². The van der Waals surface area contributed by atoms with Crippen LogP contribution in [0.25, 0.3) is 0 Å². The van der Waals surface area contributed by atoms with Crippen molar-refractivity contribution in [2.24, 2.45) is 17.8 Å². The molecule has 0 unspecified atom stereocenters. The SMILES string of the molecule is CC(C)C[C@H](CO)N1C(=O)[C@H]2[C@@H]3C(=O)O[C@@H](c4ccccc4)CNC(=O)CC/C=C\[C@@H]3O[C@]23C=CCN(Cc2ccccc2)C(=O)[C@H]13. The van der Waals surface area contributed by atoms with Gasteiger partial charge in [-0.1, -0.05) is 98.8 Å². The molecular formula is C37H43N3O7. The van der Waals surface area contributed by atoms with Crippen LogP contribution in [0.15, 0.2) is 85.0 Å². The molecule has 2 aromatic carbocycles. The first-order valence-electron chi connectivity index (χ1n) is 16.5. The van der Waals surface area contributed by atoms with Crippen LogP contribution in [0.4, 0.5) is 0 Å². The van der Waals surface area contributed by atoms with Gasteiger partial charge in [0.1, 0.15) is 23.7 Å². The molecule has 1 spiro atoms. The number of hydrogen-bond donors (Lipinski definition) is 2. The molecule has 10 heteroatoms. The van der Waals surface area contributed by atoms with Crippen LogP contribution in [0.3, 0.4) is 0 Å². The lowest BCUT2D eigenvalue weighted by Crippen LogP contribution is -2.58. The molecule has 0 saturated carbocycles. The number of benzene rings is 2. The largest absolute Gasteiger partial charge is 0.455 e. The predicted octanol–water partition coefficient (Wildman–Crippen LogP) is 3.32. The van der Waals surface area contributed by atoms with E-state index in [4.69, 9.17) is 9.47 Å². The van der Waals surface area contributed by atoms with Crippen LogP contribution in [0.1, 0.15) is 50.3 Å². The molecule has 2 fully saturated rings. The van der Waals surface area contributed by atoms with Crippen LogP contribution in [-0.4, -0.2) is 82.1 Å². The van der Waals surface area contributed by atoms with Crippen molar-refractivity contribution in [1.82, 2.24) is 15.1 Å². The zero-order chi connectivity index (χ0) is 33.1. The summed E-state index contributed by atoms with van der Waals surface area (Å²) in [6.07, 6.45) is 6.57. The lowest BCUT2D eigenvalue weighted by molar-refractivity contribution is -0.161. The van der Waals surface area contributed by atoms with Gasteiger partial charge in [0.15, 0.2) is 0 Å². The lowest BCUT2D eigenvalue weighted by Gasteiger charge is -2.39. The lowest BCUT2D eigenvalue weighted by atomic mass is 9.77. The van der Waals surface area contributed by atoms with Crippen molar-refractivity contribution in [3.05, 3.63) is 96.1 Å². The summed E-state index contributed by atoms with van der Waals surface area (Å²) in [5.41, 5.74) is 0.169. The highest BCUT2D eigenvalue weighted by Crippen LogP contribution is 2.54. The molecule has 6 rings (SSSR count). The standard InChI is InChI=1S/C37H43N3O7/c1-24(2)20-27(23-41)40-33-35(44)39(22-25-12-5-3-6-13-25)19-11-18-37(33)32(34(40)43)31-28(47-37)16-9-10-17-30(42)38-21-29(46-36(31)45)26-14-7-4-8-15-26/h3-9,11-16,18,24,27-29,31-33,41H,10,17,19-23H2,1-2H3,(H,38,42)/b16-9-/t27-,28+,29-,31-,32-,33+,37-/m1/s1. The number of nitrogens with zero attached hydrogens (tertiary/aromatic N) is 2. The second kappa shape index (κ2) is 13.8. The number of rotatable bonds is 7. The Labute approximate surface area is 275 Å². The van der Waals surface area contributed by atoms with E-state index < -0.39 is 53.6 Å².